The molecule has 1 unspecified atom stereocenters. The topological polar surface area (TPSA) is 80.6 Å². The summed E-state index contributed by atoms with van der Waals surface area (Å²) in [6.07, 6.45) is 0.681. The molecule has 1 atom stereocenters. The number of carbonyl (C=O) groups is 1. The number of aliphatic hydroxyl groups is 1. The SMILES string of the molecule is COc1ccc(C2=NN(c3ccc(OC=O)cc3)C(c3ccc(CO)cc3)C2)cc1OC. The van der Waals surface area contributed by atoms with Gasteiger partial charge in [0.05, 0.1) is 38.3 Å². The van der Waals surface area contributed by atoms with Gasteiger partial charge in [-0.25, -0.2) is 0 Å². The predicted molar refractivity (Wildman–Crippen MR) is 121 cm³/mol. The highest BCUT2D eigenvalue weighted by Crippen LogP contribution is 2.38. The number of benzene rings is 3. The molecule has 0 radical (unpaired) electrons. The summed E-state index contributed by atoms with van der Waals surface area (Å²) in [4.78, 5) is 10.6. The number of ether oxygens (including phenoxy) is 3. The molecular formula is C25H24N2O5. The highest BCUT2D eigenvalue weighted by atomic mass is 16.5. The molecule has 1 aliphatic heterocycles. The van der Waals surface area contributed by atoms with E-state index in [4.69, 9.17) is 19.3 Å². The Morgan fingerprint density at radius 2 is 1.72 bits per heavy atom. The molecule has 3 aromatic rings. The van der Waals surface area contributed by atoms with Gasteiger partial charge in [0.25, 0.3) is 6.47 Å². The highest BCUT2D eigenvalue weighted by Gasteiger charge is 2.30. The molecule has 1 N–H and O–H groups in total. The number of hydrogen-bond acceptors (Lipinski definition) is 7. The van der Waals surface area contributed by atoms with Gasteiger partial charge >= 0.3 is 0 Å². The van der Waals surface area contributed by atoms with E-state index in [-0.39, 0.29) is 12.6 Å². The zero-order chi connectivity index (χ0) is 22.5. The fourth-order valence-electron chi connectivity index (χ4n) is 3.78. The number of nitrogens with zero attached hydrogens (tertiary/aromatic N) is 2. The van der Waals surface area contributed by atoms with Crippen molar-refractivity contribution in [1.82, 2.24) is 0 Å². The number of hydrazone groups is 1. The van der Waals surface area contributed by atoms with Crippen LogP contribution in [0.15, 0.2) is 71.8 Å². The van der Waals surface area contributed by atoms with E-state index in [1.54, 1.807) is 26.4 Å². The zero-order valence-electron chi connectivity index (χ0n) is 17.9. The first-order valence-corrected chi connectivity index (χ1v) is 10.2. The smallest absolute Gasteiger partial charge is 0.298 e. The van der Waals surface area contributed by atoms with E-state index < -0.39 is 0 Å². The monoisotopic (exact) mass is 432 g/mol. The molecule has 7 heteroatoms. The van der Waals surface area contributed by atoms with Crippen LogP contribution in [0.3, 0.4) is 0 Å². The highest BCUT2D eigenvalue weighted by molar-refractivity contribution is 6.03. The standard InChI is InChI=1S/C25H24N2O5/c1-30-24-12-7-19(13-25(24)31-2)22-14-23(18-5-3-17(15-28)4-6-18)27(26-22)20-8-10-21(11-9-20)32-16-29/h3-13,16,23,28H,14-15H2,1-2H3. The summed E-state index contributed by atoms with van der Waals surface area (Å²) in [6, 6.07) is 20.8. The lowest BCUT2D eigenvalue weighted by atomic mass is 9.97. The van der Waals surface area contributed by atoms with Crippen LogP contribution in [0.4, 0.5) is 5.69 Å². The van der Waals surface area contributed by atoms with E-state index in [2.05, 4.69) is 0 Å². The number of carbonyl (C=O) groups excluding carboxylic acids is 1. The fourth-order valence-corrected chi connectivity index (χ4v) is 3.78. The van der Waals surface area contributed by atoms with Crippen molar-refractivity contribution in [1.29, 1.82) is 0 Å². The lowest BCUT2D eigenvalue weighted by Crippen LogP contribution is -2.18. The Hall–Kier alpha value is -3.84. The maximum absolute atomic E-state index is 10.6. The van der Waals surface area contributed by atoms with Gasteiger partial charge in [0.2, 0.25) is 0 Å². The van der Waals surface area contributed by atoms with Crippen molar-refractivity contribution in [3.8, 4) is 17.2 Å². The second-order valence-electron chi connectivity index (χ2n) is 7.29. The third kappa shape index (κ3) is 4.29. The van der Waals surface area contributed by atoms with E-state index >= 15 is 0 Å². The van der Waals surface area contributed by atoms with Crippen molar-refractivity contribution in [3.05, 3.63) is 83.4 Å². The maximum Gasteiger partial charge on any atom is 0.298 e. The van der Waals surface area contributed by atoms with Crippen molar-refractivity contribution in [3.63, 3.8) is 0 Å². The van der Waals surface area contributed by atoms with Crippen molar-refractivity contribution in [2.45, 2.75) is 19.1 Å². The van der Waals surface area contributed by atoms with Crippen LogP contribution in [-0.2, 0) is 11.4 Å². The van der Waals surface area contributed by atoms with E-state index in [0.717, 1.165) is 28.1 Å². The van der Waals surface area contributed by atoms with Crippen LogP contribution in [0.5, 0.6) is 17.2 Å². The lowest BCUT2D eigenvalue weighted by molar-refractivity contribution is -0.120. The summed E-state index contributed by atoms with van der Waals surface area (Å²) in [6.45, 7) is 0.407. The average molecular weight is 432 g/mol. The molecule has 0 aromatic heterocycles. The molecule has 0 bridgehead atoms. The average Bonchev–Trinajstić information content (AvgIpc) is 3.30. The molecular weight excluding hydrogens is 408 g/mol. The second-order valence-corrected chi connectivity index (χ2v) is 7.29. The molecule has 1 heterocycles. The number of anilines is 1. The Morgan fingerprint density at radius 3 is 2.34 bits per heavy atom. The second kappa shape index (κ2) is 9.53. The summed E-state index contributed by atoms with van der Waals surface area (Å²) >= 11 is 0. The molecule has 0 fully saturated rings. The van der Waals surface area contributed by atoms with Gasteiger partial charge in [-0.05, 0) is 53.6 Å². The van der Waals surface area contributed by atoms with Gasteiger partial charge in [0.15, 0.2) is 11.5 Å². The Kier molecular flexibility index (Phi) is 6.37. The van der Waals surface area contributed by atoms with Gasteiger partial charge in [-0.1, -0.05) is 24.3 Å². The van der Waals surface area contributed by atoms with Gasteiger partial charge in [-0.15, -0.1) is 0 Å². The molecule has 7 nitrogen and oxygen atoms in total. The van der Waals surface area contributed by atoms with Gasteiger partial charge in [-0.2, -0.15) is 5.10 Å². The Labute approximate surface area is 186 Å². The molecule has 0 saturated heterocycles. The van der Waals surface area contributed by atoms with Crippen LogP contribution in [0, 0.1) is 0 Å². The minimum Gasteiger partial charge on any atom is -0.493 e. The fraction of sp³-hybridized carbons (Fsp3) is 0.200. The summed E-state index contributed by atoms with van der Waals surface area (Å²) < 4.78 is 15.7. The van der Waals surface area contributed by atoms with Crippen LogP contribution in [0.1, 0.15) is 29.2 Å². The van der Waals surface area contributed by atoms with E-state index in [0.29, 0.717) is 30.1 Å². The van der Waals surface area contributed by atoms with Gasteiger partial charge < -0.3 is 19.3 Å². The number of rotatable bonds is 8. The number of hydrogen-bond donors (Lipinski definition) is 1. The third-order valence-corrected chi connectivity index (χ3v) is 5.46. The number of aliphatic hydroxyl groups excluding tert-OH is 1. The summed E-state index contributed by atoms with van der Waals surface area (Å²) in [7, 11) is 3.22. The zero-order valence-corrected chi connectivity index (χ0v) is 17.9. The van der Waals surface area contributed by atoms with E-state index in [9.17, 15) is 9.90 Å². The maximum atomic E-state index is 10.6. The van der Waals surface area contributed by atoms with Crippen LogP contribution in [-0.4, -0.2) is 31.5 Å². The summed E-state index contributed by atoms with van der Waals surface area (Å²) in [5.41, 5.74) is 4.66. The van der Waals surface area contributed by atoms with Crippen LogP contribution in [0.2, 0.25) is 0 Å². The molecule has 1 aliphatic rings. The van der Waals surface area contributed by atoms with Crippen LogP contribution < -0.4 is 19.2 Å². The molecule has 164 valence electrons. The van der Waals surface area contributed by atoms with Crippen LogP contribution in [0.25, 0.3) is 0 Å². The first-order chi connectivity index (χ1) is 15.7. The van der Waals surface area contributed by atoms with E-state index in [1.165, 1.54) is 0 Å². The molecule has 0 saturated carbocycles. The van der Waals surface area contributed by atoms with Crippen molar-refractivity contribution >= 4 is 17.9 Å². The predicted octanol–water partition coefficient (Wildman–Crippen LogP) is 4.09. The Morgan fingerprint density at radius 1 is 1.00 bits per heavy atom. The van der Waals surface area contributed by atoms with Gasteiger partial charge in [-0.3, -0.25) is 9.80 Å². The molecule has 0 amide bonds. The summed E-state index contributed by atoms with van der Waals surface area (Å²) in [5, 5.41) is 16.3. The lowest BCUT2D eigenvalue weighted by Gasteiger charge is -2.24. The minimum absolute atomic E-state index is 0.000246. The van der Waals surface area contributed by atoms with Crippen molar-refractivity contribution < 1.29 is 24.1 Å². The molecule has 4 rings (SSSR count). The number of methoxy groups -OCH3 is 2. The summed E-state index contributed by atoms with van der Waals surface area (Å²) in [5.74, 6) is 1.77. The Balaban J connectivity index is 1.72. The van der Waals surface area contributed by atoms with Crippen molar-refractivity contribution in [2.75, 3.05) is 19.2 Å². The first-order valence-electron chi connectivity index (χ1n) is 10.2. The van der Waals surface area contributed by atoms with Gasteiger partial charge in [0.1, 0.15) is 5.75 Å². The first kappa shape index (κ1) is 21.4. The molecule has 32 heavy (non-hydrogen) atoms. The largest absolute Gasteiger partial charge is 0.493 e. The molecule has 3 aromatic carbocycles. The third-order valence-electron chi connectivity index (χ3n) is 5.46. The molecule has 0 spiro atoms. The van der Waals surface area contributed by atoms with Crippen molar-refractivity contribution in [2.24, 2.45) is 5.10 Å². The van der Waals surface area contributed by atoms with E-state index in [1.807, 2.05) is 59.6 Å². The normalized spacial score (nSPS) is 15.3. The quantitative estimate of drug-likeness (QED) is 0.540. The molecule has 0 aliphatic carbocycles. The van der Waals surface area contributed by atoms with Crippen LogP contribution >= 0.6 is 0 Å². The Bertz CT molecular complexity index is 1110. The van der Waals surface area contributed by atoms with Gasteiger partial charge in [0, 0.05) is 12.0 Å². The minimum atomic E-state index is -0.0383.